The van der Waals surface area contributed by atoms with Crippen LogP contribution in [0.1, 0.15) is 5.56 Å². The first-order valence-corrected chi connectivity index (χ1v) is 8.71. The second-order valence-electron chi connectivity index (χ2n) is 4.75. The Morgan fingerprint density at radius 2 is 1.90 bits per heavy atom. The molecule has 5 nitrogen and oxygen atoms in total. The normalized spacial score (nSPS) is 17.4. The molecule has 1 aliphatic heterocycles. The van der Waals surface area contributed by atoms with Crippen LogP contribution in [-0.2, 0) is 14.8 Å². The third-order valence-electron chi connectivity index (χ3n) is 3.14. The fourth-order valence-corrected chi connectivity index (χ4v) is 2.90. The highest BCUT2D eigenvalue weighted by Crippen LogP contribution is 2.11. The van der Waals surface area contributed by atoms with Gasteiger partial charge in [0.1, 0.15) is 0 Å². The molecule has 0 amide bonds. The van der Waals surface area contributed by atoms with Crippen molar-refractivity contribution in [2.24, 2.45) is 0 Å². The topological polar surface area (TPSA) is 58.6 Å². The van der Waals surface area contributed by atoms with Gasteiger partial charge in [0.25, 0.3) is 0 Å². The number of halogens is 1. The van der Waals surface area contributed by atoms with E-state index in [-0.39, 0.29) is 0 Å². The number of morpholine rings is 1. The Hall–Kier alpha value is -0.920. The smallest absolute Gasteiger partial charge is 0.233 e. The minimum atomic E-state index is -3.41. The summed E-state index contributed by atoms with van der Waals surface area (Å²) in [6.07, 6.45) is 1.55. The van der Waals surface area contributed by atoms with E-state index in [2.05, 4.69) is 9.62 Å². The van der Waals surface area contributed by atoms with Gasteiger partial charge in [0.05, 0.1) is 13.2 Å². The van der Waals surface area contributed by atoms with Crippen molar-refractivity contribution >= 4 is 27.7 Å². The Labute approximate surface area is 130 Å². The van der Waals surface area contributed by atoms with Gasteiger partial charge < -0.3 is 4.74 Å². The first-order valence-electron chi connectivity index (χ1n) is 6.79. The van der Waals surface area contributed by atoms with Gasteiger partial charge in [-0.2, -0.15) is 0 Å². The van der Waals surface area contributed by atoms with Crippen LogP contribution in [-0.4, -0.2) is 52.7 Å². The summed E-state index contributed by atoms with van der Waals surface area (Å²) in [4.78, 5) is 2.18. The van der Waals surface area contributed by atoms with Crippen molar-refractivity contribution in [2.45, 2.75) is 0 Å². The molecule has 1 N–H and O–H groups in total. The van der Waals surface area contributed by atoms with Crippen molar-refractivity contribution in [3.63, 3.8) is 0 Å². The van der Waals surface area contributed by atoms with Gasteiger partial charge in [0.15, 0.2) is 0 Å². The average molecular weight is 331 g/mol. The maximum atomic E-state index is 11.8. The summed E-state index contributed by atoms with van der Waals surface area (Å²) in [6, 6.07) is 6.98. The molecule has 1 heterocycles. The van der Waals surface area contributed by atoms with Crippen molar-refractivity contribution < 1.29 is 13.2 Å². The first-order chi connectivity index (χ1) is 10.1. The Morgan fingerprint density at radius 3 is 2.57 bits per heavy atom. The molecule has 0 atom stereocenters. The number of nitrogens with zero attached hydrogens (tertiary/aromatic N) is 1. The Bertz CT molecular complexity index is 566. The summed E-state index contributed by atoms with van der Waals surface area (Å²) in [5, 5.41) is 1.80. The van der Waals surface area contributed by atoms with E-state index >= 15 is 0 Å². The van der Waals surface area contributed by atoms with E-state index in [1.165, 1.54) is 5.41 Å². The summed E-state index contributed by atoms with van der Waals surface area (Å²) in [6.45, 7) is 4.21. The van der Waals surface area contributed by atoms with Crippen molar-refractivity contribution in [3.05, 3.63) is 40.3 Å². The molecule has 0 aliphatic carbocycles. The zero-order valence-electron chi connectivity index (χ0n) is 11.7. The number of hydrogen-bond acceptors (Lipinski definition) is 4. The number of nitrogens with one attached hydrogen (secondary N) is 1. The zero-order valence-corrected chi connectivity index (χ0v) is 13.2. The largest absolute Gasteiger partial charge is 0.379 e. The third-order valence-corrected chi connectivity index (χ3v) is 4.50. The predicted molar refractivity (Wildman–Crippen MR) is 84.7 cm³/mol. The molecular weight excluding hydrogens is 312 g/mol. The molecule has 7 heteroatoms. The van der Waals surface area contributed by atoms with E-state index in [1.807, 2.05) is 0 Å². The number of sulfonamides is 1. The minimum absolute atomic E-state index is 0.396. The number of hydrogen-bond donors (Lipinski definition) is 1. The standard InChI is InChI=1S/C14H19ClN2O3S/c15-14-3-1-13(2-4-14)5-12-21(18,19)16-6-7-17-8-10-20-11-9-17/h1-5,12,16H,6-11H2. The Morgan fingerprint density at radius 1 is 1.24 bits per heavy atom. The van der Waals surface area contributed by atoms with E-state index < -0.39 is 10.0 Å². The van der Waals surface area contributed by atoms with Crippen molar-refractivity contribution in [2.75, 3.05) is 39.4 Å². The van der Waals surface area contributed by atoms with Crippen LogP contribution in [0.25, 0.3) is 6.08 Å². The lowest BCUT2D eigenvalue weighted by atomic mass is 10.2. The van der Waals surface area contributed by atoms with Gasteiger partial charge >= 0.3 is 0 Å². The molecule has 1 fully saturated rings. The molecule has 1 aromatic rings. The summed E-state index contributed by atoms with van der Waals surface area (Å²) in [5.41, 5.74) is 0.790. The van der Waals surface area contributed by atoms with Gasteiger partial charge in [-0.3, -0.25) is 4.90 Å². The highest BCUT2D eigenvalue weighted by Gasteiger charge is 2.11. The molecular formula is C14H19ClN2O3S. The van der Waals surface area contributed by atoms with Gasteiger partial charge in [0.2, 0.25) is 10.0 Å². The van der Waals surface area contributed by atoms with Crippen LogP contribution in [0.3, 0.4) is 0 Å². The molecule has 1 aromatic carbocycles. The minimum Gasteiger partial charge on any atom is -0.379 e. The average Bonchev–Trinajstić information content (AvgIpc) is 2.48. The molecule has 2 rings (SSSR count). The molecule has 0 spiro atoms. The van der Waals surface area contributed by atoms with Gasteiger partial charge in [-0.1, -0.05) is 23.7 Å². The highest BCUT2D eigenvalue weighted by molar-refractivity contribution is 7.92. The van der Waals surface area contributed by atoms with Gasteiger partial charge in [-0.05, 0) is 23.8 Å². The molecule has 0 radical (unpaired) electrons. The van der Waals surface area contributed by atoms with Crippen LogP contribution < -0.4 is 4.72 Å². The van der Waals surface area contributed by atoms with Crippen LogP contribution in [0.15, 0.2) is 29.7 Å². The van der Waals surface area contributed by atoms with Crippen LogP contribution >= 0.6 is 11.6 Å². The molecule has 1 aliphatic rings. The van der Waals surface area contributed by atoms with Gasteiger partial charge in [-0.15, -0.1) is 0 Å². The summed E-state index contributed by atoms with van der Waals surface area (Å²) >= 11 is 5.78. The fourth-order valence-electron chi connectivity index (χ4n) is 1.96. The summed E-state index contributed by atoms with van der Waals surface area (Å²) < 4.78 is 31.5. The summed E-state index contributed by atoms with van der Waals surface area (Å²) in [7, 11) is -3.41. The zero-order chi connectivity index (χ0) is 15.1. The molecule has 1 saturated heterocycles. The number of ether oxygens (including phenoxy) is 1. The third kappa shape index (κ3) is 6.15. The highest BCUT2D eigenvalue weighted by atomic mass is 35.5. The Kier molecular flexibility index (Phi) is 6.20. The van der Waals surface area contributed by atoms with Crippen molar-refractivity contribution in [3.8, 4) is 0 Å². The second-order valence-corrected chi connectivity index (χ2v) is 6.83. The lowest BCUT2D eigenvalue weighted by molar-refractivity contribution is 0.0390. The van der Waals surface area contributed by atoms with Crippen LogP contribution in [0, 0.1) is 0 Å². The van der Waals surface area contributed by atoms with E-state index in [4.69, 9.17) is 16.3 Å². The maximum absolute atomic E-state index is 11.8. The molecule has 0 saturated carbocycles. The monoisotopic (exact) mass is 330 g/mol. The SMILES string of the molecule is O=S(=O)(C=Cc1ccc(Cl)cc1)NCCN1CCOCC1. The van der Waals surface area contributed by atoms with E-state index in [0.29, 0.717) is 31.3 Å². The molecule has 0 unspecified atom stereocenters. The number of rotatable bonds is 6. The molecule has 21 heavy (non-hydrogen) atoms. The van der Waals surface area contributed by atoms with Crippen LogP contribution in [0.2, 0.25) is 5.02 Å². The lowest BCUT2D eigenvalue weighted by Gasteiger charge is -2.26. The number of benzene rings is 1. The second kappa shape index (κ2) is 7.91. The lowest BCUT2D eigenvalue weighted by Crippen LogP contribution is -2.41. The fraction of sp³-hybridized carbons (Fsp3) is 0.429. The van der Waals surface area contributed by atoms with E-state index in [9.17, 15) is 8.42 Å². The predicted octanol–water partition coefficient (Wildman–Crippen LogP) is 1.56. The van der Waals surface area contributed by atoms with E-state index in [0.717, 1.165) is 18.7 Å². The quantitative estimate of drug-likeness (QED) is 0.860. The maximum Gasteiger partial charge on any atom is 0.233 e. The van der Waals surface area contributed by atoms with Crippen LogP contribution in [0.4, 0.5) is 0 Å². The van der Waals surface area contributed by atoms with Crippen LogP contribution in [0.5, 0.6) is 0 Å². The molecule has 0 bridgehead atoms. The van der Waals surface area contributed by atoms with Gasteiger partial charge in [0, 0.05) is 36.6 Å². The Balaban J connectivity index is 1.79. The van der Waals surface area contributed by atoms with Crippen molar-refractivity contribution in [1.82, 2.24) is 9.62 Å². The first kappa shape index (κ1) is 16.5. The molecule has 0 aromatic heterocycles. The molecule has 116 valence electrons. The summed E-state index contributed by atoms with van der Waals surface area (Å²) in [5.74, 6) is 0. The van der Waals surface area contributed by atoms with E-state index in [1.54, 1.807) is 30.3 Å². The van der Waals surface area contributed by atoms with Gasteiger partial charge in [-0.25, -0.2) is 13.1 Å². The van der Waals surface area contributed by atoms with Crippen molar-refractivity contribution in [1.29, 1.82) is 0 Å².